The van der Waals surface area contributed by atoms with Crippen molar-refractivity contribution in [2.24, 2.45) is 0 Å². The molecule has 2 heteroatoms. The Labute approximate surface area is 89.5 Å². The van der Waals surface area contributed by atoms with Crippen LogP contribution in [-0.4, -0.2) is 19.3 Å². The fourth-order valence-electron chi connectivity index (χ4n) is 1.93. The number of ether oxygens (including phenoxy) is 2. The maximum atomic E-state index is 5.77. The minimum absolute atomic E-state index is 0.333. The first-order valence-electron chi connectivity index (χ1n) is 5.46. The molecule has 0 amide bonds. The van der Waals surface area contributed by atoms with E-state index in [0.29, 0.717) is 12.7 Å². The van der Waals surface area contributed by atoms with Gasteiger partial charge in [0.05, 0.1) is 6.61 Å². The van der Waals surface area contributed by atoms with E-state index in [2.05, 4.69) is 30.4 Å². The van der Waals surface area contributed by atoms with Gasteiger partial charge in [0, 0.05) is 5.56 Å². The molecule has 1 aliphatic carbocycles. The third-order valence-corrected chi connectivity index (χ3v) is 2.85. The highest BCUT2D eigenvalue weighted by atomic mass is 16.6. The molecule has 0 N–H and O–H groups in total. The molecule has 1 aromatic rings. The van der Waals surface area contributed by atoms with Gasteiger partial charge < -0.3 is 9.47 Å². The van der Waals surface area contributed by atoms with Crippen LogP contribution in [0.4, 0.5) is 0 Å². The van der Waals surface area contributed by atoms with Crippen LogP contribution in [-0.2, 0) is 11.2 Å². The third-order valence-electron chi connectivity index (χ3n) is 2.85. The van der Waals surface area contributed by atoms with Gasteiger partial charge in [0.15, 0.2) is 0 Å². The van der Waals surface area contributed by atoms with Gasteiger partial charge in [-0.1, -0.05) is 24.3 Å². The molecule has 1 atom stereocenters. The zero-order valence-electron chi connectivity index (χ0n) is 8.61. The van der Waals surface area contributed by atoms with Crippen LogP contribution >= 0.6 is 0 Å². The lowest BCUT2D eigenvalue weighted by atomic mass is 9.97. The Morgan fingerprint density at radius 2 is 2.33 bits per heavy atom. The molecular weight excluding hydrogens is 188 g/mol. The Morgan fingerprint density at radius 3 is 3.20 bits per heavy atom. The zero-order valence-corrected chi connectivity index (χ0v) is 8.61. The molecule has 15 heavy (non-hydrogen) atoms. The topological polar surface area (TPSA) is 21.8 Å². The van der Waals surface area contributed by atoms with E-state index in [4.69, 9.17) is 9.47 Å². The molecule has 1 aromatic carbocycles. The second-order valence-electron chi connectivity index (χ2n) is 4.03. The van der Waals surface area contributed by atoms with Gasteiger partial charge in [-0.15, -0.1) is 0 Å². The number of hydrogen-bond acceptors (Lipinski definition) is 2. The first-order chi connectivity index (χ1) is 7.43. The van der Waals surface area contributed by atoms with Crippen LogP contribution in [0.25, 0.3) is 6.08 Å². The second kappa shape index (κ2) is 3.70. The number of hydrogen-bond donors (Lipinski definition) is 0. The zero-order chi connectivity index (χ0) is 10.1. The molecule has 1 unspecified atom stereocenters. The lowest BCUT2D eigenvalue weighted by Crippen LogP contribution is -2.07. The Kier molecular flexibility index (Phi) is 2.22. The van der Waals surface area contributed by atoms with Crippen molar-refractivity contribution in [3.8, 4) is 5.75 Å². The largest absolute Gasteiger partial charge is 0.490 e. The summed E-state index contributed by atoms with van der Waals surface area (Å²) < 4.78 is 10.9. The van der Waals surface area contributed by atoms with E-state index >= 15 is 0 Å². The van der Waals surface area contributed by atoms with E-state index in [1.54, 1.807) is 0 Å². The quantitative estimate of drug-likeness (QED) is 0.702. The Morgan fingerprint density at radius 1 is 1.40 bits per heavy atom. The van der Waals surface area contributed by atoms with Crippen LogP contribution in [0.15, 0.2) is 24.3 Å². The van der Waals surface area contributed by atoms with Crippen LogP contribution in [0.3, 0.4) is 0 Å². The normalized spacial score (nSPS) is 22.3. The SMILES string of the molecule is C1=Cc2cccc(OCC3CO3)c2CC1. The van der Waals surface area contributed by atoms with Crippen molar-refractivity contribution in [1.29, 1.82) is 0 Å². The maximum absolute atomic E-state index is 5.77. The third kappa shape index (κ3) is 1.90. The molecule has 3 rings (SSSR count). The van der Waals surface area contributed by atoms with Gasteiger partial charge in [0.1, 0.15) is 18.5 Å². The van der Waals surface area contributed by atoms with E-state index in [1.165, 1.54) is 11.1 Å². The van der Waals surface area contributed by atoms with E-state index in [9.17, 15) is 0 Å². The molecule has 1 heterocycles. The van der Waals surface area contributed by atoms with Gasteiger partial charge in [0.2, 0.25) is 0 Å². The van der Waals surface area contributed by atoms with Crippen molar-refractivity contribution in [2.45, 2.75) is 18.9 Å². The fraction of sp³-hybridized carbons (Fsp3) is 0.385. The van der Waals surface area contributed by atoms with Gasteiger partial charge in [-0.05, 0) is 24.5 Å². The lowest BCUT2D eigenvalue weighted by molar-refractivity contribution is 0.261. The summed E-state index contributed by atoms with van der Waals surface area (Å²) in [6.45, 7) is 1.55. The molecule has 78 valence electrons. The van der Waals surface area contributed by atoms with E-state index in [-0.39, 0.29) is 0 Å². The predicted octanol–water partition coefficient (Wildman–Crippen LogP) is 2.42. The average Bonchev–Trinajstić information content (AvgIpc) is 3.10. The fourth-order valence-corrected chi connectivity index (χ4v) is 1.93. The highest BCUT2D eigenvalue weighted by Crippen LogP contribution is 2.28. The molecule has 0 aromatic heterocycles. The van der Waals surface area contributed by atoms with Gasteiger partial charge in [-0.25, -0.2) is 0 Å². The lowest BCUT2D eigenvalue weighted by Gasteiger charge is -2.15. The summed E-state index contributed by atoms with van der Waals surface area (Å²) in [7, 11) is 0. The van der Waals surface area contributed by atoms with Crippen LogP contribution in [0.2, 0.25) is 0 Å². The van der Waals surface area contributed by atoms with Crippen LogP contribution in [0.5, 0.6) is 5.75 Å². The smallest absolute Gasteiger partial charge is 0.123 e. The Balaban J connectivity index is 1.82. The highest BCUT2D eigenvalue weighted by molar-refractivity contribution is 5.60. The average molecular weight is 202 g/mol. The molecule has 1 aliphatic heterocycles. The number of fused-ring (bicyclic) bond motifs is 1. The Hall–Kier alpha value is -1.28. The molecular formula is C13H14O2. The van der Waals surface area contributed by atoms with Gasteiger partial charge in [0.25, 0.3) is 0 Å². The van der Waals surface area contributed by atoms with Crippen molar-refractivity contribution < 1.29 is 9.47 Å². The van der Waals surface area contributed by atoms with E-state index in [1.807, 2.05) is 0 Å². The summed E-state index contributed by atoms with van der Waals surface area (Å²) in [5, 5.41) is 0. The van der Waals surface area contributed by atoms with Crippen LogP contribution < -0.4 is 4.74 Å². The molecule has 0 saturated carbocycles. The molecule has 0 spiro atoms. The van der Waals surface area contributed by atoms with Gasteiger partial charge in [-0.2, -0.15) is 0 Å². The van der Waals surface area contributed by atoms with Crippen LogP contribution in [0.1, 0.15) is 17.5 Å². The summed E-state index contributed by atoms with van der Waals surface area (Å²) in [6, 6.07) is 6.25. The van der Waals surface area contributed by atoms with Crippen molar-refractivity contribution in [1.82, 2.24) is 0 Å². The molecule has 0 radical (unpaired) electrons. The number of allylic oxidation sites excluding steroid dienone is 1. The van der Waals surface area contributed by atoms with Crippen molar-refractivity contribution in [3.63, 3.8) is 0 Å². The van der Waals surface area contributed by atoms with Gasteiger partial charge in [-0.3, -0.25) is 0 Å². The molecule has 1 saturated heterocycles. The second-order valence-corrected chi connectivity index (χ2v) is 4.03. The minimum atomic E-state index is 0.333. The summed E-state index contributed by atoms with van der Waals surface area (Å²) in [5.41, 5.74) is 2.65. The number of rotatable bonds is 3. The monoisotopic (exact) mass is 202 g/mol. The highest BCUT2D eigenvalue weighted by Gasteiger charge is 2.23. The summed E-state index contributed by atoms with van der Waals surface area (Å²) in [5.74, 6) is 1.03. The number of benzene rings is 1. The summed E-state index contributed by atoms with van der Waals surface area (Å²) >= 11 is 0. The molecule has 1 fully saturated rings. The van der Waals surface area contributed by atoms with Crippen molar-refractivity contribution in [3.05, 3.63) is 35.4 Å². The van der Waals surface area contributed by atoms with Crippen LogP contribution in [0, 0.1) is 0 Å². The first kappa shape index (κ1) is 8.98. The minimum Gasteiger partial charge on any atom is -0.490 e. The van der Waals surface area contributed by atoms with Crippen molar-refractivity contribution in [2.75, 3.05) is 13.2 Å². The first-order valence-corrected chi connectivity index (χ1v) is 5.46. The molecule has 2 nitrogen and oxygen atoms in total. The molecule has 2 aliphatic rings. The number of epoxide rings is 1. The maximum Gasteiger partial charge on any atom is 0.123 e. The van der Waals surface area contributed by atoms with Gasteiger partial charge >= 0.3 is 0 Å². The van der Waals surface area contributed by atoms with E-state index < -0.39 is 0 Å². The van der Waals surface area contributed by atoms with E-state index in [0.717, 1.165) is 25.2 Å². The standard InChI is InChI=1S/C13H14O2/c1-2-6-12-10(4-1)5-3-7-13(12)15-9-11-8-14-11/h1,3-5,7,11H,2,6,8-9H2. The summed E-state index contributed by atoms with van der Waals surface area (Å²) in [4.78, 5) is 0. The van der Waals surface area contributed by atoms with Crippen molar-refractivity contribution >= 4 is 6.08 Å². The molecule has 0 bridgehead atoms. The predicted molar refractivity (Wildman–Crippen MR) is 59.0 cm³/mol. The Bertz CT molecular complexity index is 392. The summed E-state index contributed by atoms with van der Waals surface area (Å²) in [6.07, 6.45) is 6.94.